The fraction of sp³-hybridized carbons (Fsp3) is 0.364. The van der Waals surface area contributed by atoms with Gasteiger partial charge in [-0.3, -0.25) is 14.9 Å². The van der Waals surface area contributed by atoms with Crippen molar-refractivity contribution >= 4 is 11.6 Å². The van der Waals surface area contributed by atoms with Crippen LogP contribution in [0.5, 0.6) is 5.75 Å². The summed E-state index contributed by atoms with van der Waals surface area (Å²) in [6.07, 6.45) is 0. The summed E-state index contributed by atoms with van der Waals surface area (Å²) in [7, 11) is 1.32. The highest BCUT2D eigenvalue weighted by Crippen LogP contribution is 2.27. The zero-order chi connectivity index (χ0) is 13.7. The Labute approximate surface area is 104 Å². The van der Waals surface area contributed by atoms with E-state index in [4.69, 9.17) is 9.84 Å². The Kier molecular flexibility index (Phi) is 4.61. The summed E-state index contributed by atoms with van der Waals surface area (Å²) in [5, 5.41) is 22.2. The van der Waals surface area contributed by atoms with Crippen molar-refractivity contribution in [2.75, 3.05) is 13.7 Å². The molecule has 0 fully saturated rings. The molecule has 98 valence electrons. The minimum atomic E-state index is -0.652. The second-order valence-electron chi connectivity index (χ2n) is 3.67. The Balaban J connectivity index is 3.19. The third-order valence-corrected chi connectivity index (χ3v) is 2.30. The van der Waals surface area contributed by atoms with Gasteiger partial charge in [0.25, 0.3) is 11.6 Å². The molecular weight excluding hydrogens is 240 g/mol. The molecule has 0 saturated carbocycles. The predicted octanol–water partition coefficient (Wildman–Crippen LogP) is 0.714. The van der Waals surface area contributed by atoms with E-state index in [0.29, 0.717) is 0 Å². The van der Waals surface area contributed by atoms with Gasteiger partial charge in [0.15, 0.2) is 5.56 Å². The van der Waals surface area contributed by atoms with Gasteiger partial charge in [0.1, 0.15) is 5.75 Å². The molecule has 1 aromatic carbocycles. The van der Waals surface area contributed by atoms with Crippen LogP contribution in [0.2, 0.25) is 0 Å². The number of aliphatic hydroxyl groups excluding tert-OH is 1. The number of rotatable bonds is 5. The minimum absolute atomic E-state index is 0.117. The molecule has 2 N–H and O–H groups in total. The summed E-state index contributed by atoms with van der Waals surface area (Å²) in [6.45, 7) is 1.33. The highest BCUT2D eigenvalue weighted by molar-refractivity contribution is 6.01. The van der Waals surface area contributed by atoms with Crippen molar-refractivity contribution in [1.29, 1.82) is 0 Å². The van der Waals surface area contributed by atoms with Crippen LogP contribution >= 0.6 is 0 Å². The molecule has 0 saturated heterocycles. The van der Waals surface area contributed by atoms with Gasteiger partial charge in [-0.25, -0.2) is 0 Å². The lowest BCUT2D eigenvalue weighted by molar-refractivity contribution is -0.385. The molecular formula is C11H14N2O5. The number of hydrogen-bond donors (Lipinski definition) is 2. The van der Waals surface area contributed by atoms with Crippen LogP contribution < -0.4 is 10.1 Å². The van der Waals surface area contributed by atoms with Crippen LogP contribution in [0.15, 0.2) is 18.2 Å². The quantitative estimate of drug-likeness (QED) is 0.595. The topological polar surface area (TPSA) is 102 Å². The monoisotopic (exact) mass is 254 g/mol. The van der Waals surface area contributed by atoms with E-state index in [2.05, 4.69) is 5.32 Å². The van der Waals surface area contributed by atoms with Gasteiger partial charge in [0.2, 0.25) is 0 Å². The second-order valence-corrected chi connectivity index (χ2v) is 3.67. The number of amides is 1. The van der Waals surface area contributed by atoms with Crippen LogP contribution in [0, 0.1) is 10.1 Å². The standard InChI is InChI=1S/C11H14N2O5/c1-7(6-14)12-11(15)10-8(13(16)17)4-3-5-9(10)18-2/h3-5,7,14H,6H2,1-2H3,(H,12,15)/t7-/m0/s1. The molecule has 0 unspecified atom stereocenters. The molecule has 18 heavy (non-hydrogen) atoms. The van der Waals surface area contributed by atoms with Crippen LogP contribution in [-0.2, 0) is 0 Å². The third-order valence-electron chi connectivity index (χ3n) is 2.30. The molecule has 0 bridgehead atoms. The van der Waals surface area contributed by atoms with E-state index in [0.717, 1.165) is 0 Å². The Hall–Kier alpha value is -2.15. The van der Waals surface area contributed by atoms with Gasteiger partial charge in [-0.05, 0) is 13.0 Å². The molecule has 7 nitrogen and oxygen atoms in total. The van der Waals surface area contributed by atoms with Crippen molar-refractivity contribution in [1.82, 2.24) is 5.32 Å². The van der Waals surface area contributed by atoms with Gasteiger partial charge in [-0.1, -0.05) is 6.07 Å². The van der Waals surface area contributed by atoms with Gasteiger partial charge < -0.3 is 15.2 Å². The summed E-state index contributed by atoms with van der Waals surface area (Å²) < 4.78 is 4.94. The molecule has 0 spiro atoms. The maximum absolute atomic E-state index is 11.9. The molecule has 0 aliphatic heterocycles. The highest BCUT2D eigenvalue weighted by Gasteiger charge is 2.25. The maximum atomic E-state index is 11.9. The number of methoxy groups -OCH3 is 1. The Morgan fingerprint density at radius 1 is 1.61 bits per heavy atom. The van der Waals surface area contributed by atoms with E-state index in [1.807, 2.05) is 0 Å². The van der Waals surface area contributed by atoms with Crippen LogP contribution in [0.3, 0.4) is 0 Å². The molecule has 1 amide bonds. The average molecular weight is 254 g/mol. The SMILES string of the molecule is COc1cccc([N+](=O)[O-])c1C(=O)N[C@@H](C)CO. The van der Waals surface area contributed by atoms with E-state index in [1.54, 1.807) is 6.92 Å². The van der Waals surface area contributed by atoms with Gasteiger partial charge in [0.05, 0.1) is 18.6 Å². The van der Waals surface area contributed by atoms with Crippen molar-refractivity contribution in [3.63, 3.8) is 0 Å². The van der Waals surface area contributed by atoms with Crippen molar-refractivity contribution in [3.8, 4) is 5.75 Å². The first kappa shape index (κ1) is 13.9. The predicted molar refractivity (Wildman–Crippen MR) is 63.7 cm³/mol. The number of carbonyl (C=O) groups excluding carboxylic acids is 1. The molecule has 0 heterocycles. The number of aliphatic hydroxyl groups is 1. The fourth-order valence-corrected chi connectivity index (χ4v) is 1.41. The summed E-state index contributed by atoms with van der Waals surface area (Å²) in [6, 6.07) is 3.62. The smallest absolute Gasteiger partial charge is 0.285 e. The van der Waals surface area contributed by atoms with E-state index in [-0.39, 0.29) is 23.6 Å². The largest absolute Gasteiger partial charge is 0.496 e. The minimum Gasteiger partial charge on any atom is -0.496 e. The number of benzene rings is 1. The van der Waals surface area contributed by atoms with Crippen LogP contribution in [-0.4, -0.2) is 35.7 Å². The number of nitro groups is 1. The maximum Gasteiger partial charge on any atom is 0.285 e. The number of nitrogens with one attached hydrogen (secondary N) is 1. The van der Waals surface area contributed by atoms with Gasteiger partial charge in [-0.2, -0.15) is 0 Å². The summed E-state index contributed by atoms with van der Waals surface area (Å²) in [4.78, 5) is 22.1. The van der Waals surface area contributed by atoms with Crippen molar-refractivity contribution in [2.45, 2.75) is 13.0 Å². The zero-order valence-electron chi connectivity index (χ0n) is 10.0. The van der Waals surface area contributed by atoms with Crippen LogP contribution in [0.25, 0.3) is 0 Å². The van der Waals surface area contributed by atoms with Crippen LogP contribution in [0.4, 0.5) is 5.69 Å². The van der Waals surface area contributed by atoms with Crippen molar-refractivity contribution in [2.24, 2.45) is 0 Å². The van der Waals surface area contributed by atoms with Crippen LogP contribution in [0.1, 0.15) is 17.3 Å². The number of carbonyl (C=O) groups is 1. The molecule has 1 atom stereocenters. The third kappa shape index (κ3) is 2.95. The van der Waals surface area contributed by atoms with E-state index in [9.17, 15) is 14.9 Å². The molecule has 0 aliphatic rings. The summed E-state index contributed by atoms with van der Waals surface area (Å²) >= 11 is 0. The lowest BCUT2D eigenvalue weighted by atomic mass is 10.1. The van der Waals surface area contributed by atoms with E-state index >= 15 is 0 Å². The van der Waals surface area contributed by atoms with Crippen molar-refractivity contribution in [3.05, 3.63) is 33.9 Å². The molecule has 1 rings (SSSR count). The molecule has 0 aliphatic carbocycles. The van der Waals surface area contributed by atoms with E-state index < -0.39 is 16.9 Å². The number of nitrogens with zero attached hydrogens (tertiary/aromatic N) is 1. The molecule has 0 aromatic heterocycles. The highest BCUT2D eigenvalue weighted by atomic mass is 16.6. The summed E-state index contributed by atoms with van der Waals surface area (Å²) in [5.74, 6) is -0.535. The summed E-state index contributed by atoms with van der Waals surface area (Å²) in [5.41, 5.74) is -0.484. The molecule has 7 heteroatoms. The Morgan fingerprint density at radius 2 is 2.28 bits per heavy atom. The van der Waals surface area contributed by atoms with Gasteiger partial charge in [0, 0.05) is 12.1 Å². The lowest BCUT2D eigenvalue weighted by Crippen LogP contribution is -2.35. The number of ether oxygens (including phenoxy) is 1. The molecule has 0 radical (unpaired) electrons. The number of nitro benzene ring substituents is 1. The van der Waals surface area contributed by atoms with Gasteiger partial charge >= 0.3 is 0 Å². The zero-order valence-corrected chi connectivity index (χ0v) is 10.0. The Bertz CT molecular complexity index is 461. The fourth-order valence-electron chi connectivity index (χ4n) is 1.41. The van der Waals surface area contributed by atoms with Gasteiger partial charge in [-0.15, -0.1) is 0 Å². The van der Waals surface area contributed by atoms with E-state index in [1.165, 1.54) is 25.3 Å². The first-order valence-corrected chi connectivity index (χ1v) is 5.24. The first-order chi connectivity index (χ1) is 8.51. The number of hydrogen-bond acceptors (Lipinski definition) is 5. The first-order valence-electron chi connectivity index (χ1n) is 5.24. The normalized spacial score (nSPS) is 11.7. The lowest BCUT2D eigenvalue weighted by Gasteiger charge is -2.13. The molecule has 1 aromatic rings. The average Bonchev–Trinajstić information content (AvgIpc) is 2.37. The second kappa shape index (κ2) is 5.97. The Morgan fingerprint density at radius 3 is 2.78 bits per heavy atom. The van der Waals surface area contributed by atoms with Crippen molar-refractivity contribution < 1.29 is 19.6 Å².